The number of rotatable bonds is 1. The second-order valence-electron chi connectivity index (χ2n) is 15.1. The Hall–Kier alpha value is -3.46. The summed E-state index contributed by atoms with van der Waals surface area (Å²) in [6.45, 7) is 16.3. The molecule has 4 aromatic carbocycles. The van der Waals surface area contributed by atoms with Crippen molar-refractivity contribution in [1.29, 1.82) is 0 Å². The Morgan fingerprint density at radius 3 is 2.12 bits per heavy atom. The van der Waals surface area contributed by atoms with Crippen LogP contribution in [0.25, 0.3) is 0 Å². The molecular weight excluding hydrogens is 497 g/mol. The van der Waals surface area contributed by atoms with Crippen molar-refractivity contribution in [2.75, 3.05) is 4.90 Å². The Kier molecular flexibility index (Phi) is 5.12. The van der Waals surface area contributed by atoms with Gasteiger partial charge in [-0.1, -0.05) is 90.1 Å². The fraction of sp³-hybridized carbons (Fsp3) is 0.368. The van der Waals surface area contributed by atoms with E-state index in [1.807, 2.05) is 0 Å². The van der Waals surface area contributed by atoms with Gasteiger partial charge in [-0.3, -0.25) is 0 Å². The Morgan fingerprint density at radius 1 is 0.707 bits per heavy atom. The lowest BCUT2D eigenvalue weighted by atomic mass is 9.33. The minimum atomic E-state index is 0.0681. The SMILES string of the molecule is Cc1cc2c3c(c1)N(C1CC4CC1c1ccccc14)c1ccc(C(C)(C)C)cc1B3c1cc(C(C)(C)C)ccc1O2. The molecule has 3 unspecified atom stereocenters. The summed E-state index contributed by atoms with van der Waals surface area (Å²) in [5.74, 6) is 3.24. The summed E-state index contributed by atoms with van der Waals surface area (Å²) < 4.78 is 6.79. The van der Waals surface area contributed by atoms with Crippen molar-refractivity contribution in [3.63, 3.8) is 0 Å². The molecule has 2 aliphatic heterocycles. The monoisotopic (exact) mass is 537 g/mol. The number of benzene rings is 4. The molecule has 4 aromatic rings. The minimum Gasteiger partial charge on any atom is -0.458 e. The summed E-state index contributed by atoms with van der Waals surface area (Å²) in [6, 6.07) is 28.6. The van der Waals surface area contributed by atoms with Crippen molar-refractivity contribution >= 4 is 34.5 Å². The van der Waals surface area contributed by atoms with E-state index in [-0.39, 0.29) is 17.5 Å². The van der Waals surface area contributed by atoms with Crippen molar-refractivity contribution in [3.8, 4) is 11.5 Å². The van der Waals surface area contributed by atoms with E-state index < -0.39 is 0 Å². The third kappa shape index (κ3) is 3.63. The van der Waals surface area contributed by atoms with Crippen LogP contribution in [0.3, 0.4) is 0 Å². The van der Waals surface area contributed by atoms with Crippen LogP contribution in [0.15, 0.2) is 72.8 Å². The van der Waals surface area contributed by atoms with Crippen molar-refractivity contribution < 1.29 is 4.74 Å². The number of aryl methyl sites for hydroxylation is 1. The summed E-state index contributed by atoms with van der Waals surface area (Å²) in [4.78, 5) is 2.74. The first-order chi connectivity index (χ1) is 19.5. The standard InChI is InChI=1S/C38H40BNO/c1-22-16-33-36-35(17-22)41-34-15-13-25(38(5,6)7)21-30(34)39(36)29-20-24(37(2,3)4)12-14-31(29)40(33)32-19-23-18-28(32)27-11-9-8-10-26(23)27/h8-17,20-21,23,28,32H,18-19H2,1-7H3. The third-order valence-corrected chi connectivity index (χ3v) is 10.4. The maximum absolute atomic E-state index is 6.79. The van der Waals surface area contributed by atoms with Gasteiger partial charge in [-0.05, 0) is 105 Å². The molecule has 2 bridgehead atoms. The summed E-state index contributed by atoms with van der Waals surface area (Å²) in [6.07, 6.45) is 2.47. The summed E-state index contributed by atoms with van der Waals surface area (Å²) in [5, 5.41) is 0. The third-order valence-electron chi connectivity index (χ3n) is 10.4. The van der Waals surface area contributed by atoms with Crippen LogP contribution in [0.4, 0.5) is 11.4 Å². The van der Waals surface area contributed by atoms with Gasteiger partial charge in [-0.15, -0.1) is 0 Å². The van der Waals surface area contributed by atoms with Gasteiger partial charge in [0, 0.05) is 23.3 Å². The molecule has 0 amide bonds. The van der Waals surface area contributed by atoms with Gasteiger partial charge in [-0.25, -0.2) is 0 Å². The van der Waals surface area contributed by atoms with E-state index in [0.29, 0.717) is 17.9 Å². The Bertz CT molecular complexity index is 1740. The molecule has 0 aromatic heterocycles. The highest BCUT2D eigenvalue weighted by molar-refractivity contribution is 6.99. The normalized spacial score (nSPS) is 21.7. The molecular formula is C38H40BNO. The maximum Gasteiger partial charge on any atom is 0.256 e. The van der Waals surface area contributed by atoms with Gasteiger partial charge in [-0.2, -0.15) is 0 Å². The summed E-state index contributed by atoms with van der Waals surface area (Å²) in [5.41, 5.74) is 14.1. The molecule has 0 N–H and O–H groups in total. The van der Waals surface area contributed by atoms with Gasteiger partial charge < -0.3 is 9.64 Å². The van der Waals surface area contributed by atoms with Gasteiger partial charge in [0.15, 0.2) is 0 Å². The van der Waals surface area contributed by atoms with Gasteiger partial charge >= 0.3 is 0 Å². The molecule has 41 heavy (non-hydrogen) atoms. The fourth-order valence-electron chi connectivity index (χ4n) is 8.32. The largest absolute Gasteiger partial charge is 0.458 e. The van der Waals surface area contributed by atoms with Crippen LogP contribution in [0.2, 0.25) is 0 Å². The molecule has 4 aliphatic rings. The first-order valence-electron chi connectivity index (χ1n) is 15.5. The molecule has 0 saturated heterocycles. The smallest absolute Gasteiger partial charge is 0.256 e. The van der Waals surface area contributed by atoms with E-state index in [9.17, 15) is 0 Å². The highest BCUT2D eigenvalue weighted by Crippen LogP contribution is 2.57. The first kappa shape index (κ1) is 25.3. The van der Waals surface area contributed by atoms with Crippen LogP contribution in [0, 0.1) is 6.92 Å². The second kappa shape index (κ2) is 8.31. The Labute approximate surface area is 245 Å². The molecule has 0 spiro atoms. The van der Waals surface area contributed by atoms with E-state index in [4.69, 9.17) is 4.74 Å². The zero-order chi connectivity index (χ0) is 28.4. The number of hydrogen-bond donors (Lipinski definition) is 0. The molecule has 1 saturated carbocycles. The first-order valence-corrected chi connectivity index (χ1v) is 15.5. The average molecular weight is 538 g/mol. The number of nitrogens with zero attached hydrogens (tertiary/aromatic N) is 1. The lowest BCUT2D eigenvalue weighted by Gasteiger charge is -2.45. The maximum atomic E-state index is 6.79. The molecule has 2 nitrogen and oxygen atoms in total. The Balaban J connectivity index is 1.39. The van der Waals surface area contributed by atoms with Crippen LogP contribution < -0.4 is 26.0 Å². The molecule has 3 atom stereocenters. The van der Waals surface area contributed by atoms with E-state index in [0.717, 1.165) is 11.5 Å². The number of anilines is 2. The van der Waals surface area contributed by atoms with E-state index in [1.165, 1.54) is 57.3 Å². The van der Waals surface area contributed by atoms with Crippen molar-refractivity contribution in [3.05, 3.63) is 101 Å². The molecule has 0 radical (unpaired) electrons. The van der Waals surface area contributed by atoms with Crippen LogP contribution in [0.1, 0.15) is 94.0 Å². The quantitative estimate of drug-likeness (QED) is 0.203. The van der Waals surface area contributed by atoms with Crippen LogP contribution in [-0.2, 0) is 10.8 Å². The van der Waals surface area contributed by atoms with E-state index in [1.54, 1.807) is 11.1 Å². The topological polar surface area (TPSA) is 12.5 Å². The van der Waals surface area contributed by atoms with E-state index >= 15 is 0 Å². The molecule has 2 heterocycles. The zero-order valence-corrected chi connectivity index (χ0v) is 25.5. The van der Waals surface area contributed by atoms with E-state index in [2.05, 4.69) is 126 Å². The molecule has 8 rings (SSSR count). The fourth-order valence-corrected chi connectivity index (χ4v) is 8.32. The molecule has 2 aliphatic carbocycles. The summed E-state index contributed by atoms with van der Waals surface area (Å²) >= 11 is 0. The van der Waals surface area contributed by atoms with Crippen molar-refractivity contribution in [2.24, 2.45) is 0 Å². The second-order valence-corrected chi connectivity index (χ2v) is 15.1. The summed E-state index contributed by atoms with van der Waals surface area (Å²) in [7, 11) is 0. The lowest BCUT2D eigenvalue weighted by molar-refractivity contribution is 0.485. The highest BCUT2D eigenvalue weighted by Gasteiger charge is 2.50. The highest BCUT2D eigenvalue weighted by atomic mass is 16.5. The number of hydrogen-bond acceptors (Lipinski definition) is 2. The Morgan fingerprint density at radius 2 is 1.39 bits per heavy atom. The van der Waals surface area contributed by atoms with Crippen LogP contribution >= 0.6 is 0 Å². The van der Waals surface area contributed by atoms with Gasteiger partial charge in [0.25, 0.3) is 6.71 Å². The minimum absolute atomic E-state index is 0.0681. The average Bonchev–Trinajstić information content (AvgIpc) is 3.51. The van der Waals surface area contributed by atoms with Crippen molar-refractivity contribution in [1.82, 2.24) is 0 Å². The molecule has 1 fully saturated rings. The van der Waals surface area contributed by atoms with Gasteiger partial charge in [0.05, 0.1) is 0 Å². The van der Waals surface area contributed by atoms with Crippen LogP contribution in [-0.4, -0.2) is 12.8 Å². The zero-order valence-electron chi connectivity index (χ0n) is 25.5. The molecule has 3 heteroatoms. The van der Waals surface area contributed by atoms with Crippen molar-refractivity contribution in [2.45, 2.75) is 90.0 Å². The van der Waals surface area contributed by atoms with Gasteiger partial charge in [0.2, 0.25) is 0 Å². The van der Waals surface area contributed by atoms with Gasteiger partial charge in [0.1, 0.15) is 11.5 Å². The van der Waals surface area contributed by atoms with Crippen LogP contribution in [0.5, 0.6) is 11.5 Å². The predicted molar refractivity (Wildman–Crippen MR) is 173 cm³/mol. The number of ether oxygens (including phenoxy) is 1. The molecule has 206 valence electrons. The lowest BCUT2D eigenvalue weighted by Crippen LogP contribution is -2.61. The predicted octanol–water partition coefficient (Wildman–Crippen LogP) is 7.71. The number of fused-ring (bicyclic) bond motifs is 9.